The predicted octanol–water partition coefficient (Wildman–Crippen LogP) is 4.84. The summed E-state index contributed by atoms with van der Waals surface area (Å²) in [5.41, 5.74) is 3.16. The van der Waals surface area contributed by atoms with Gasteiger partial charge in [-0.25, -0.2) is 4.98 Å². The van der Waals surface area contributed by atoms with E-state index in [1.165, 1.54) is 38.2 Å². The molecular weight excluding hydrogens is 338 g/mol. The molecule has 0 saturated heterocycles. The molecule has 140 valence electrons. The lowest BCUT2D eigenvalue weighted by Gasteiger charge is -2.13. The first-order valence-corrected chi connectivity index (χ1v) is 9.42. The third-order valence-electron chi connectivity index (χ3n) is 4.69. The number of benzene rings is 1. The minimum absolute atomic E-state index is 0.0350. The van der Waals surface area contributed by atoms with Crippen molar-refractivity contribution < 1.29 is 9.59 Å². The van der Waals surface area contributed by atoms with Crippen LogP contribution in [0.3, 0.4) is 0 Å². The number of hydrogen-bond acceptors (Lipinski definition) is 4. The molecule has 0 bridgehead atoms. The Bertz CT molecular complexity index is 841. The molecule has 1 aliphatic carbocycles. The lowest BCUT2D eigenvalue weighted by atomic mass is 9.97. The Labute approximate surface area is 159 Å². The number of rotatable bonds is 7. The van der Waals surface area contributed by atoms with E-state index in [9.17, 15) is 9.59 Å². The molecule has 1 amide bonds. The third kappa shape index (κ3) is 5.51. The van der Waals surface area contributed by atoms with Gasteiger partial charge in [-0.05, 0) is 63.3 Å². The highest BCUT2D eigenvalue weighted by molar-refractivity contribution is 6.05. The van der Waals surface area contributed by atoms with E-state index in [2.05, 4.69) is 21.7 Å². The molecule has 0 spiro atoms. The van der Waals surface area contributed by atoms with Gasteiger partial charge < -0.3 is 10.6 Å². The molecule has 0 unspecified atom stereocenters. The van der Waals surface area contributed by atoms with Crippen LogP contribution in [-0.4, -0.2) is 23.2 Å². The van der Waals surface area contributed by atoms with Gasteiger partial charge in [-0.15, -0.1) is 0 Å². The molecule has 0 aliphatic heterocycles. The molecule has 0 atom stereocenters. The molecule has 1 heterocycles. The fourth-order valence-corrected chi connectivity index (χ4v) is 3.13. The number of amides is 1. The summed E-state index contributed by atoms with van der Waals surface area (Å²) >= 11 is 0. The Morgan fingerprint density at radius 3 is 2.70 bits per heavy atom. The number of aromatic nitrogens is 1. The van der Waals surface area contributed by atoms with E-state index < -0.39 is 0 Å². The summed E-state index contributed by atoms with van der Waals surface area (Å²) in [5, 5.41) is 6.11. The molecule has 0 radical (unpaired) electrons. The highest BCUT2D eigenvalue weighted by atomic mass is 16.1. The van der Waals surface area contributed by atoms with Gasteiger partial charge in [-0.1, -0.05) is 23.8 Å². The minimum Gasteiger partial charge on any atom is -0.370 e. The molecular formula is C22H25N3O2. The van der Waals surface area contributed by atoms with Crippen molar-refractivity contribution >= 4 is 23.2 Å². The van der Waals surface area contributed by atoms with Crippen molar-refractivity contribution in [1.29, 1.82) is 0 Å². The van der Waals surface area contributed by atoms with E-state index in [0.29, 0.717) is 16.8 Å². The smallest absolute Gasteiger partial charge is 0.257 e. The number of hydrogen-bond donors (Lipinski definition) is 2. The quantitative estimate of drug-likeness (QED) is 0.545. The van der Waals surface area contributed by atoms with Crippen molar-refractivity contribution in [3.8, 4) is 0 Å². The van der Waals surface area contributed by atoms with Gasteiger partial charge in [0.1, 0.15) is 5.82 Å². The third-order valence-corrected chi connectivity index (χ3v) is 4.69. The van der Waals surface area contributed by atoms with Gasteiger partial charge in [-0.2, -0.15) is 0 Å². The normalized spacial score (nSPS) is 13.6. The SMILES string of the molecule is CC(=O)c1cccc(NC(=O)c2ccc(NCCC3=CCCCC3)nc2)c1. The lowest BCUT2D eigenvalue weighted by molar-refractivity contribution is 0.101. The molecule has 27 heavy (non-hydrogen) atoms. The number of pyridine rings is 1. The zero-order valence-electron chi connectivity index (χ0n) is 15.6. The van der Waals surface area contributed by atoms with Gasteiger partial charge in [0, 0.05) is 24.0 Å². The summed E-state index contributed by atoms with van der Waals surface area (Å²) in [6.07, 6.45) is 9.96. The molecule has 5 heteroatoms. The Balaban J connectivity index is 1.53. The lowest BCUT2D eigenvalue weighted by Crippen LogP contribution is -2.13. The summed E-state index contributed by atoms with van der Waals surface area (Å²) in [7, 11) is 0. The number of carbonyl (C=O) groups excluding carboxylic acids is 2. The minimum atomic E-state index is -0.248. The van der Waals surface area contributed by atoms with Crippen LogP contribution in [0.2, 0.25) is 0 Å². The van der Waals surface area contributed by atoms with Crippen molar-refractivity contribution in [2.45, 2.75) is 39.0 Å². The number of ketones is 1. The average Bonchev–Trinajstić information content (AvgIpc) is 2.69. The molecule has 3 rings (SSSR count). The first-order valence-electron chi connectivity index (χ1n) is 9.42. The van der Waals surface area contributed by atoms with Crippen LogP contribution in [0.25, 0.3) is 0 Å². The highest BCUT2D eigenvalue weighted by Gasteiger charge is 2.09. The molecule has 2 aromatic rings. The zero-order valence-corrected chi connectivity index (χ0v) is 15.6. The van der Waals surface area contributed by atoms with E-state index in [0.717, 1.165) is 18.8 Å². The Kier molecular flexibility index (Phi) is 6.36. The predicted molar refractivity (Wildman–Crippen MR) is 108 cm³/mol. The van der Waals surface area contributed by atoms with Crippen LogP contribution >= 0.6 is 0 Å². The van der Waals surface area contributed by atoms with Crippen molar-refractivity contribution in [3.05, 3.63) is 65.4 Å². The average molecular weight is 363 g/mol. The summed E-state index contributed by atoms with van der Waals surface area (Å²) in [6, 6.07) is 10.5. The summed E-state index contributed by atoms with van der Waals surface area (Å²) in [4.78, 5) is 28.1. The fourth-order valence-electron chi connectivity index (χ4n) is 3.13. The second kappa shape index (κ2) is 9.12. The van der Waals surface area contributed by atoms with E-state index in [1.54, 1.807) is 36.5 Å². The van der Waals surface area contributed by atoms with E-state index in [-0.39, 0.29) is 11.7 Å². The summed E-state index contributed by atoms with van der Waals surface area (Å²) in [5.74, 6) is 0.482. The fraction of sp³-hybridized carbons (Fsp3) is 0.318. The number of carbonyl (C=O) groups is 2. The number of nitrogens with one attached hydrogen (secondary N) is 2. The number of anilines is 2. The van der Waals surface area contributed by atoms with Crippen molar-refractivity contribution in [2.24, 2.45) is 0 Å². The van der Waals surface area contributed by atoms with Crippen LogP contribution in [0.4, 0.5) is 11.5 Å². The maximum Gasteiger partial charge on any atom is 0.257 e. The van der Waals surface area contributed by atoms with E-state index in [1.807, 2.05) is 6.07 Å². The van der Waals surface area contributed by atoms with Gasteiger partial charge >= 0.3 is 0 Å². The van der Waals surface area contributed by atoms with Gasteiger partial charge in [0.25, 0.3) is 5.91 Å². The molecule has 5 nitrogen and oxygen atoms in total. The zero-order chi connectivity index (χ0) is 19.1. The van der Waals surface area contributed by atoms with Crippen molar-refractivity contribution in [1.82, 2.24) is 4.98 Å². The maximum absolute atomic E-state index is 12.4. The van der Waals surface area contributed by atoms with Crippen LogP contribution in [0, 0.1) is 0 Å². The summed E-state index contributed by atoms with van der Waals surface area (Å²) < 4.78 is 0. The molecule has 0 saturated carbocycles. The topological polar surface area (TPSA) is 71.1 Å². The largest absolute Gasteiger partial charge is 0.370 e. The molecule has 1 aromatic heterocycles. The summed E-state index contributed by atoms with van der Waals surface area (Å²) in [6.45, 7) is 2.35. The molecule has 0 fully saturated rings. The second-order valence-corrected chi connectivity index (χ2v) is 6.81. The highest BCUT2D eigenvalue weighted by Crippen LogP contribution is 2.20. The number of nitrogens with zero attached hydrogens (tertiary/aromatic N) is 1. The van der Waals surface area contributed by atoms with Crippen LogP contribution in [0.15, 0.2) is 54.2 Å². The molecule has 1 aromatic carbocycles. The van der Waals surface area contributed by atoms with Crippen molar-refractivity contribution in [3.63, 3.8) is 0 Å². The Hall–Kier alpha value is -2.95. The van der Waals surface area contributed by atoms with Gasteiger partial charge in [-0.3, -0.25) is 9.59 Å². The standard InChI is InChI=1S/C22H25N3O2/c1-16(26)18-8-5-9-20(14-18)25-22(27)19-10-11-21(24-15-19)23-13-12-17-6-3-2-4-7-17/h5-6,8-11,14-15H,2-4,7,12-13H2,1H3,(H,23,24)(H,25,27). The molecule has 1 aliphatic rings. The van der Waals surface area contributed by atoms with Crippen LogP contribution in [0.5, 0.6) is 0 Å². The first kappa shape index (κ1) is 18.8. The number of allylic oxidation sites excluding steroid dienone is 1. The van der Waals surface area contributed by atoms with Gasteiger partial charge in [0.2, 0.25) is 0 Å². The maximum atomic E-state index is 12.4. The van der Waals surface area contributed by atoms with E-state index >= 15 is 0 Å². The Morgan fingerprint density at radius 1 is 1.11 bits per heavy atom. The van der Waals surface area contributed by atoms with Crippen molar-refractivity contribution in [2.75, 3.05) is 17.2 Å². The van der Waals surface area contributed by atoms with E-state index in [4.69, 9.17) is 0 Å². The van der Waals surface area contributed by atoms with Crippen LogP contribution in [-0.2, 0) is 0 Å². The van der Waals surface area contributed by atoms with Crippen LogP contribution < -0.4 is 10.6 Å². The van der Waals surface area contributed by atoms with Crippen LogP contribution in [0.1, 0.15) is 59.7 Å². The van der Waals surface area contributed by atoms with Gasteiger partial charge in [0.05, 0.1) is 5.56 Å². The molecule has 2 N–H and O–H groups in total. The first-order chi connectivity index (χ1) is 13.1. The van der Waals surface area contributed by atoms with Gasteiger partial charge in [0.15, 0.2) is 5.78 Å². The monoisotopic (exact) mass is 363 g/mol. The number of Topliss-reactive ketones (excluding diaryl/α,β-unsaturated/α-hetero) is 1. The Morgan fingerprint density at radius 2 is 2.00 bits per heavy atom. The second-order valence-electron chi connectivity index (χ2n) is 6.81.